The molecule has 0 spiro atoms. The second-order valence-electron chi connectivity index (χ2n) is 5.38. The number of aryl methyl sites for hydroxylation is 1. The number of benzene rings is 1. The van der Waals surface area contributed by atoms with E-state index < -0.39 is 5.54 Å². The van der Waals surface area contributed by atoms with Gasteiger partial charge in [-0.25, -0.2) is 0 Å². The molecule has 0 aliphatic heterocycles. The topological polar surface area (TPSA) is 84.2 Å². The number of carbonyl (C=O) groups excluding carboxylic acids is 2. The molecule has 0 aliphatic carbocycles. The van der Waals surface area contributed by atoms with Crippen molar-refractivity contribution in [1.82, 2.24) is 5.32 Å². The van der Waals surface area contributed by atoms with Gasteiger partial charge in [0.15, 0.2) is 0 Å². The number of amides is 2. The van der Waals surface area contributed by atoms with E-state index in [-0.39, 0.29) is 18.4 Å². The fourth-order valence-electron chi connectivity index (χ4n) is 1.91. The Morgan fingerprint density at radius 1 is 1.38 bits per heavy atom. The first-order valence-electron chi connectivity index (χ1n) is 6.89. The van der Waals surface area contributed by atoms with Gasteiger partial charge in [-0.05, 0) is 38.0 Å². The van der Waals surface area contributed by atoms with Crippen LogP contribution in [-0.2, 0) is 9.59 Å². The van der Waals surface area contributed by atoms with Gasteiger partial charge in [-0.3, -0.25) is 9.59 Å². The Hall–Kier alpha value is -1.59. The highest BCUT2D eigenvalue weighted by atomic mass is 35.5. The van der Waals surface area contributed by atoms with Crippen LogP contribution in [0.4, 0.5) is 5.69 Å². The molecular weight excluding hydrogens is 290 g/mol. The molecular formula is C15H22ClN3O2. The van der Waals surface area contributed by atoms with Gasteiger partial charge in [0.2, 0.25) is 11.8 Å². The third kappa shape index (κ3) is 5.36. The van der Waals surface area contributed by atoms with Crippen LogP contribution in [0.15, 0.2) is 18.2 Å². The normalized spacial score (nSPS) is 13.4. The molecule has 0 aromatic heterocycles. The zero-order valence-electron chi connectivity index (χ0n) is 12.6. The highest BCUT2D eigenvalue weighted by molar-refractivity contribution is 6.33. The van der Waals surface area contributed by atoms with Crippen LogP contribution in [0.5, 0.6) is 0 Å². The van der Waals surface area contributed by atoms with Gasteiger partial charge in [0.25, 0.3) is 0 Å². The molecule has 1 aromatic rings. The lowest BCUT2D eigenvalue weighted by Crippen LogP contribution is -2.52. The summed E-state index contributed by atoms with van der Waals surface area (Å²) < 4.78 is 0. The minimum atomic E-state index is -0.962. The maximum Gasteiger partial charge on any atom is 0.243 e. The first-order chi connectivity index (χ1) is 9.76. The van der Waals surface area contributed by atoms with Crippen molar-refractivity contribution in [2.45, 2.75) is 39.2 Å². The number of halogens is 1. The predicted octanol–water partition coefficient (Wildman–Crippen LogP) is 2.22. The van der Waals surface area contributed by atoms with Gasteiger partial charge < -0.3 is 16.4 Å². The molecule has 1 unspecified atom stereocenters. The lowest BCUT2D eigenvalue weighted by molar-refractivity contribution is -0.128. The molecule has 0 saturated heterocycles. The Bertz CT molecular complexity index is 530. The van der Waals surface area contributed by atoms with Crippen molar-refractivity contribution in [3.05, 3.63) is 28.8 Å². The molecule has 2 amide bonds. The van der Waals surface area contributed by atoms with Gasteiger partial charge in [0.1, 0.15) is 0 Å². The van der Waals surface area contributed by atoms with Gasteiger partial charge in [0, 0.05) is 0 Å². The summed E-state index contributed by atoms with van der Waals surface area (Å²) in [7, 11) is 0. The van der Waals surface area contributed by atoms with Crippen molar-refractivity contribution >= 4 is 29.1 Å². The van der Waals surface area contributed by atoms with E-state index in [1.54, 1.807) is 19.1 Å². The van der Waals surface area contributed by atoms with Crippen LogP contribution in [0.1, 0.15) is 32.3 Å². The molecule has 5 nitrogen and oxygen atoms in total. The van der Waals surface area contributed by atoms with E-state index in [0.717, 1.165) is 12.0 Å². The highest BCUT2D eigenvalue weighted by Crippen LogP contribution is 2.22. The maximum atomic E-state index is 11.9. The Balaban J connectivity index is 2.53. The summed E-state index contributed by atoms with van der Waals surface area (Å²) in [6.45, 7) is 5.37. The minimum absolute atomic E-state index is 0.139. The largest absolute Gasteiger partial charge is 0.345 e. The molecule has 1 atom stereocenters. The van der Waals surface area contributed by atoms with Crippen molar-refractivity contribution < 1.29 is 9.59 Å². The van der Waals surface area contributed by atoms with Crippen LogP contribution in [-0.4, -0.2) is 23.9 Å². The Morgan fingerprint density at radius 2 is 2.05 bits per heavy atom. The number of rotatable bonds is 6. The van der Waals surface area contributed by atoms with Gasteiger partial charge in [-0.1, -0.05) is 31.0 Å². The van der Waals surface area contributed by atoms with Gasteiger partial charge >= 0.3 is 0 Å². The van der Waals surface area contributed by atoms with Crippen molar-refractivity contribution in [1.29, 1.82) is 0 Å². The molecule has 4 N–H and O–H groups in total. The zero-order chi connectivity index (χ0) is 16.0. The van der Waals surface area contributed by atoms with Crippen molar-refractivity contribution in [3.8, 4) is 0 Å². The monoisotopic (exact) mass is 311 g/mol. The average Bonchev–Trinajstić information content (AvgIpc) is 2.39. The van der Waals surface area contributed by atoms with Gasteiger partial charge in [-0.15, -0.1) is 0 Å². The number of nitrogens with one attached hydrogen (secondary N) is 2. The average molecular weight is 312 g/mol. The Morgan fingerprint density at radius 3 is 2.62 bits per heavy atom. The number of hydrogen-bond acceptors (Lipinski definition) is 3. The first-order valence-corrected chi connectivity index (χ1v) is 7.27. The molecule has 0 bridgehead atoms. The molecule has 21 heavy (non-hydrogen) atoms. The molecule has 116 valence electrons. The number of carbonyl (C=O) groups is 2. The Labute approximate surface area is 130 Å². The Kier molecular flexibility index (Phi) is 6.18. The van der Waals surface area contributed by atoms with Gasteiger partial charge in [-0.2, -0.15) is 0 Å². The lowest BCUT2D eigenvalue weighted by Gasteiger charge is -2.22. The molecule has 0 aliphatic rings. The van der Waals surface area contributed by atoms with E-state index in [0.29, 0.717) is 17.1 Å². The summed E-state index contributed by atoms with van der Waals surface area (Å²) in [4.78, 5) is 23.7. The van der Waals surface area contributed by atoms with Crippen molar-refractivity contribution in [3.63, 3.8) is 0 Å². The third-order valence-electron chi connectivity index (χ3n) is 3.10. The molecule has 0 heterocycles. The zero-order valence-corrected chi connectivity index (χ0v) is 13.4. The van der Waals surface area contributed by atoms with Crippen LogP contribution in [0.3, 0.4) is 0 Å². The quantitative estimate of drug-likeness (QED) is 0.753. The molecule has 0 saturated carbocycles. The number of nitrogens with two attached hydrogens (primary N) is 1. The molecule has 6 heteroatoms. The van der Waals surface area contributed by atoms with Crippen LogP contribution in [0, 0.1) is 6.92 Å². The van der Waals surface area contributed by atoms with Crippen LogP contribution in [0.25, 0.3) is 0 Å². The standard InChI is InChI=1S/C15H22ClN3O2/c1-4-7-15(3,17)14(21)18-9-13(20)19-12-6-5-10(2)8-11(12)16/h5-6,8H,4,7,9,17H2,1-3H3,(H,18,21)(H,19,20). The third-order valence-corrected chi connectivity index (χ3v) is 3.41. The lowest BCUT2D eigenvalue weighted by atomic mass is 9.96. The van der Waals surface area contributed by atoms with Crippen molar-refractivity contribution in [2.75, 3.05) is 11.9 Å². The van der Waals surface area contributed by atoms with E-state index in [4.69, 9.17) is 17.3 Å². The summed E-state index contributed by atoms with van der Waals surface area (Å²) >= 11 is 6.03. The summed E-state index contributed by atoms with van der Waals surface area (Å²) in [5.41, 5.74) is 6.45. The summed E-state index contributed by atoms with van der Waals surface area (Å²) in [5.74, 6) is -0.684. The second-order valence-corrected chi connectivity index (χ2v) is 5.79. The second kappa shape index (κ2) is 7.43. The number of anilines is 1. The fraction of sp³-hybridized carbons (Fsp3) is 0.467. The fourth-order valence-corrected chi connectivity index (χ4v) is 2.19. The van der Waals surface area contributed by atoms with E-state index >= 15 is 0 Å². The maximum absolute atomic E-state index is 11.9. The minimum Gasteiger partial charge on any atom is -0.345 e. The van der Waals surface area contributed by atoms with Crippen LogP contribution < -0.4 is 16.4 Å². The van der Waals surface area contributed by atoms with E-state index in [1.165, 1.54) is 0 Å². The van der Waals surface area contributed by atoms with E-state index in [2.05, 4.69) is 10.6 Å². The van der Waals surface area contributed by atoms with Gasteiger partial charge in [0.05, 0.1) is 22.8 Å². The highest BCUT2D eigenvalue weighted by Gasteiger charge is 2.27. The van der Waals surface area contributed by atoms with E-state index in [1.807, 2.05) is 19.9 Å². The first kappa shape index (κ1) is 17.5. The van der Waals surface area contributed by atoms with Crippen LogP contribution >= 0.6 is 11.6 Å². The van der Waals surface area contributed by atoms with Crippen molar-refractivity contribution in [2.24, 2.45) is 5.73 Å². The summed E-state index contributed by atoms with van der Waals surface area (Å²) in [5, 5.41) is 5.65. The smallest absolute Gasteiger partial charge is 0.243 e. The summed E-state index contributed by atoms with van der Waals surface area (Å²) in [6.07, 6.45) is 1.36. The number of hydrogen-bond donors (Lipinski definition) is 3. The molecule has 0 fully saturated rings. The summed E-state index contributed by atoms with van der Waals surface area (Å²) in [6, 6.07) is 5.33. The predicted molar refractivity (Wildman–Crippen MR) is 85.3 cm³/mol. The molecule has 1 aromatic carbocycles. The molecule has 0 radical (unpaired) electrons. The van der Waals surface area contributed by atoms with Crippen LogP contribution in [0.2, 0.25) is 5.02 Å². The SMILES string of the molecule is CCCC(C)(N)C(=O)NCC(=O)Nc1ccc(C)cc1Cl. The molecule has 1 rings (SSSR count). The van der Waals surface area contributed by atoms with E-state index in [9.17, 15) is 9.59 Å².